The van der Waals surface area contributed by atoms with E-state index in [4.69, 9.17) is 4.98 Å². The molecule has 1 aromatic heterocycles. The van der Waals surface area contributed by atoms with E-state index in [0.29, 0.717) is 5.25 Å². The van der Waals surface area contributed by atoms with Gasteiger partial charge >= 0.3 is 0 Å². The van der Waals surface area contributed by atoms with Gasteiger partial charge in [-0.05, 0) is 48.2 Å². The van der Waals surface area contributed by atoms with Crippen molar-refractivity contribution in [3.63, 3.8) is 0 Å². The van der Waals surface area contributed by atoms with Crippen molar-refractivity contribution in [2.75, 3.05) is 23.7 Å². The fourth-order valence-corrected chi connectivity index (χ4v) is 5.65. The van der Waals surface area contributed by atoms with Crippen LogP contribution in [-0.4, -0.2) is 23.2 Å². The molecule has 0 saturated carbocycles. The topological polar surface area (TPSA) is 49.3 Å². The van der Waals surface area contributed by atoms with Crippen molar-refractivity contribution in [2.24, 2.45) is 4.99 Å². The standard InChI is InChI=1S/C25H24N4S2/c1-17-6-5-9-21-23(17)29-24(30-21)26-15-14-18-10-12-20(13-11-18)28-25-27-16-22(31-25)19-7-3-2-4-8-19/h2-13,22H,14-16H2,1H3,(H,26,29)(H,27,28). The van der Waals surface area contributed by atoms with Crippen LogP contribution in [-0.2, 0) is 6.42 Å². The molecule has 3 aromatic carbocycles. The summed E-state index contributed by atoms with van der Waals surface area (Å²) in [6.45, 7) is 3.80. The van der Waals surface area contributed by atoms with E-state index in [1.807, 2.05) is 0 Å². The first-order chi connectivity index (χ1) is 15.2. The molecule has 0 amide bonds. The molecule has 5 rings (SSSR count). The Bertz CT molecular complexity index is 1200. The molecular weight excluding hydrogens is 420 g/mol. The van der Waals surface area contributed by atoms with E-state index in [0.717, 1.165) is 41.0 Å². The van der Waals surface area contributed by atoms with E-state index in [-0.39, 0.29) is 0 Å². The molecule has 2 heterocycles. The number of thiazole rings is 1. The van der Waals surface area contributed by atoms with Crippen LogP contribution in [0.1, 0.15) is 21.9 Å². The summed E-state index contributed by atoms with van der Waals surface area (Å²) in [6, 6.07) is 25.5. The number of rotatable bonds is 6. The normalized spacial score (nSPS) is 15.8. The molecule has 0 saturated heterocycles. The van der Waals surface area contributed by atoms with E-state index >= 15 is 0 Å². The Morgan fingerprint density at radius 2 is 1.81 bits per heavy atom. The van der Waals surface area contributed by atoms with Gasteiger partial charge in [0.05, 0.1) is 22.0 Å². The van der Waals surface area contributed by atoms with Gasteiger partial charge in [0.2, 0.25) is 0 Å². The molecule has 0 aliphatic carbocycles. The molecule has 1 unspecified atom stereocenters. The number of aromatic nitrogens is 1. The Labute approximate surface area is 190 Å². The van der Waals surface area contributed by atoms with Gasteiger partial charge in [-0.1, -0.05) is 77.7 Å². The second kappa shape index (κ2) is 9.12. The predicted octanol–water partition coefficient (Wildman–Crippen LogP) is 6.52. The molecule has 156 valence electrons. The van der Waals surface area contributed by atoms with Crippen molar-refractivity contribution in [3.8, 4) is 0 Å². The lowest BCUT2D eigenvalue weighted by molar-refractivity contribution is 0.966. The van der Waals surface area contributed by atoms with Crippen LogP contribution in [0, 0.1) is 6.92 Å². The van der Waals surface area contributed by atoms with Crippen molar-refractivity contribution in [2.45, 2.75) is 18.6 Å². The maximum atomic E-state index is 4.72. The summed E-state index contributed by atoms with van der Waals surface area (Å²) in [5.74, 6) is 0. The average Bonchev–Trinajstić information content (AvgIpc) is 3.43. The lowest BCUT2D eigenvalue weighted by Crippen LogP contribution is -2.06. The largest absolute Gasteiger partial charge is 0.361 e. The zero-order valence-corrected chi connectivity index (χ0v) is 19.0. The van der Waals surface area contributed by atoms with Gasteiger partial charge in [0.15, 0.2) is 10.3 Å². The molecule has 31 heavy (non-hydrogen) atoms. The molecule has 0 bridgehead atoms. The average molecular weight is 445 g/mol. The quantitative estimate of drug-likeness (QED) is 0.356. The van der Waals surface area contributed by atoms with Gasteiger partial charge in [0.25, 0.3) is 0 Å². The number of nitrogens with zero attached hydrogens (tertiary/aromatic N) is 2. The van der Waals surface area contributed by atoms with Crippen LogP contribution in [0.2, 0.25) is 0 Å². The first-order valence-electron chi connectivity index (χ1n) is 10.5. The summed E-state index contributed by atoms with van der Waals surface area (Å²) >= 11 is 3.52. The number of hydrogen-bond donors (Lipinski definition) is 2. The second-order valence-corrected chi connectivity index (χ2v) is 9.82. The summed E-state index contributed by atoms with van der Waals surface area (Å²) in [5, 5.41) is 9.32. The van der Waals surface area contributed by atoms with Gasteiger partial charge in [0.1, 0.15) is 0 Å². The highest BCUT2D eigenvalue weighted by Crippen LogP contribution is 2.35. The van der Waals surface area contributed by atoms with Gasteiger partial charge in [-0.25, -0.2) is 4.98 Å². The maximum Gasteiger partial charge on any atom is 0.183 e. The van der Waals surface area contributed by atoms with Crippen LogP contribution in [0.15, 0.2) is 77.8 Å². The first-order valence-corrected chi connectivity index (χ1v) is 12.2. The molecule has 0 radical (unpaired) electrons. The highest BCUT2D eigenvalue weighted by atomic mass is 32.2. The summed E-state index contributed by atoms with van der Waals surface area (Å²) in [4.78, 5) is 9.40. The number of nitrogens with one attached hydrogen (secondary N) is 2. The second-order valence-electron chi connectivity index (χ2n) is 7.60. The minimum Gasteiger partial charge on any atom is -0.361 e. The van der Waals surface area contributed by atoms with Gasteiger partial charge in [-0.15, -0.1) is 0 Å². The third-order valence-electron chi connectivity index (χ3n) is 5.34. The van der Waals surface area contributed by atoms with Crippen molar-refractivity contribution >= 4 is 49.3 Å². The lowest BCUT2D eigenvalue weighted by atomic mass is 10.1. The van der Waals surface area contributed by atoms with Crippen LogP contribution >= 0.6 is 23.1 Å². The minimum atomic E-state index is 0.403. The van der Waals surface area contributed by atoms with E-state index in [9.17, 15) is 0 Å². The first kappa shape index (κ1) is 20.1. The van der Waals surface area contributed by atoms with E-state index < -0.39 is 0 Å². The smallest absolute Gasteiger partial charge is 0.183 e. The lowest BCUT2D eigenvalue weighted by Gasteiger charge is -2.10. The molecule has 2 N–H and O–H groups in total. The summed E-state index contributed by atoms with van der Waals surface area (Å²) < 4.78 is 1.24. The fraction of sp³-hybridized carbons (Fsp3) is 0.200. The van der Waals surface area contributed by atoms with Gasteiger partial charge in [-0.3, -0.25) is 4.99 Å². The third kappa shape index (κ3) is 4.75. The molecular formula is C25H24N4S2. The Balaban J connectivity index is 1.12. The number of hydrogen-bond acceptors (Lipinski definition) is 6. The van der Waals surface area contributed by atoms with E-state index in [2.05, 4.69) is 95.3 Å². The number of aryl methyl sites for hydroxylation is 1. The molecule has 0 spiro atoms. The number of fused-ring (bicyclic) bond motifs is 1. The van der Waals surface area contributed by atoms with E-state index in [1.165, 1.54) is 21.4 Å². The summed E-state index contributed by atoms with van der Waals surface area (Å²) in [7, 11) is 0. The Morgan fingerprint density at radius 3 is 2.61 bits per heavy atom. The highest BCUT2D eigenvalue weighted by Gasteiger charge is 2.21. The molecule has 6 heteroatoms. The fourth-order valence-electron chi connectivity index (χ4n) is 3.64. The Kier molecular flexibility index (Phi) is 5.91. The summed E-state index contributed by atoms with van der Waals surface area (Å²) in [5.41, 5.74) is 6.05. The molecule has 4 aromatic rings. The monoisotopic (exact) mass is 444 g/mol. The zero-order valence-electron chi connectivity index (χ0n) is 17.3. The van der Waals surface area contributed by atoms with Crippen LogP contribution in [0.3, 0.4) is 0 Å². The van der Waals surface area contributed by atoms with Gasteiger partial charge < -0.3 is 10.6 Å². The van der Waals surface area contributed by atoms with Crippen LogP contribution in [0.25, 0.3) is 10.2 Å². The van der Waals surface area contributed by atoms with Crippen LogP contribution < -0.4 is 10.6 Å². The van der Waals surface area contributed by atoms with Crippen molar-refractivity contribution < 1.29 is 0 Å². The molecule has 1 aliphatic rings. The van der Waals surface area contributed by atoms with Crippen molar-refractivity contribution in [1.82, 2.24) is 4.98 Å². The van der Waals surface area contributed by atoms with Crippen molar-refractivity contribution in [1.29, 1.82) is 0 Å². The van der Waals surface area contributed by atoms with Crippen molar-refractivity contribution in [3.05, 3.63) is 89.5 Å². The molecule has 1 atom stereocenters. The minimum absolute atomic E-state index is 0.403. The number of benzene rings is 3. The number of para-hydroxylation sites is 1. The molecule has 1 aliphatic heterocycles. The molecule has 4 nitrogen and oxygen atoms in total. The maximum absolute atomic E-state index is 4.72. The number of amidine groups is 1. The number of anilines is 2. The number of aliphatic imine (C=N–C) groups is 1. The van der Waals surface area contributed by atoms with Gasteiger partial charge in [0, 0.05) is 12.2 Å². The summed E-state index contributed by atoms with van der Waals surface area (Å²) in [6.07, 6.45) is 0.959. The molecule has 0 fully saturated rings. The van der Waals surface area contributed by atoms with Crippen LogP contribution in [0.4, 0.5) is 10.8 Å². The third-order valence-corrected chi connectivity index (χ3v) is 7.48. The van der Waals surface area contributed by atoms with Gasteiger partial charge in [-0.2, -0.15) is 0 Å². The number of thioether (sulfide) groups is 1. The Hall–Kier alpha value is -2.83. The van der Waals surface area contributed by atoms with Crippen LogP contribution in [0.5, 0.6) is 0 Å². The Morgan fingerprint density at radius 1 is 0.968 bits per heavy atom. The SMILES string of the molecule is Cc1cccc2sc(NCCc3ccc(NC4=NCC(c5ccccc5)S4)cc3)nc12. The highest BCUT2D eigenvalue weighted by molar-refractivity contribution is 8.14. The van der Waals surface area contributed by atoms with E-state index in [1.54, 1.807) is 23.1 Å². The predicted molar refractivity (Wildman–Crippen MR) is 136 cm³/mol. The zero-order chi connectivity index (χ0) is 21.0.